The fraction of sp³-hybridized carbons (Fsp3) is 0.667. The molecular weight excluding hydrogens is 222 g/mol. The summed E-state index contributed by atoms with van der Waals surface area (Å²) in [6.07, 6.45) is 7.64. The van der Waals surface area contributed by atoms with Gasteiger partial charge in [-0.05, 0) is 19.3 Å². The van der Waals surface area contributed by atoms with Crippen LogP contribution in [0.25, 0.3) is 0 Å². The summed E-state index contributed by atoms with van der Waals surface area (Å²) in [5.74, 6) is 1.05. The standard InChI is InChI=1S/C12H18ClN3/c1-2-10-11(13)14-9-15-12(10)16-7-5-3-4-6-8-16/h9H,2-8H2,1H3. The molecule has 0 N–H and O–H groups in total. The molecule has 16 heavy (non-hydrogen) atoms. The zero-order valence-electron chi connectivity index (χ0n) is 9.75. The van der Waals surface area contributed by atoms with Crippen LogP contribution in [0.5, 0.6) is 0 Å². The first kappa shape index (κ1) is 11.6. The van der Waals surface area contributed by atoms with Gasteiger partial charge in [-0.2, -0.15) is 0 Å². The highest BCUT2D eigenvalue weighted by Gasteiger charge is 2.16. The quantitative estimate of drug-likeness (QED) is 0.743. The first-order valence-corrected chi connectivity index (χ1v) is 6.45. The molecule has 1 fully saturated rings. The van der Waals surface area contributed by atoms with Crippen molar-refractivity contribution in [3.63, 3.8) is 0 Å². The molecule has 2 heterocycles. The van der Waals surface area contributed by atoms with Crippen LogP contribution in [0, 0.1) is 0 Å². The lowest BCUT2D eigenvalue weighted by molar-refractivity contribution is 0.726. The lowest BCUT2D eigenvalue weighted by Gasteiger charge is -2.23. The molecule has 4 heteroatoms. The van der Waals surface area contributed by atoms with E-state index in [2.05, 4.69) is 21.8 Å². The summed E-state index contributed by atoms with van der Waals surface area (Å²) in [5.41, 5.74) is 1.09. The Bertz CT molecular complexity index is 346. The predicted molar refractivity (Wildman–Crippen MR) is 67.1 cm³/mol. The van der Waals surface area contributed by atoms with Crippen molar-refractivity contribution in [3.8, 4) is 0 Å². The van der Waals surface area contributed by atoms with Gasteiger partial charge in [0.2, 0.25) is 0 Å². The molecule has 0 aromatic carbocycles. The molecule has 3 nitrogen and oxygen atoms in total. The molecule has 0 amide bonds. The van der Waals surface area contributed by atoms with Gasteiger partial charge in [0.25, 0.3) is 0 Å². The zero-order chi connectivity index (χ0) is 11.4. The normalized spacial score (nSPS) is 17.2. The minimum atomic E-state index is 0.608. The van der Waals surface area contributed by atoms with Crippen LogP contribution in [0.2, 0.25) is 5.15 Å². The van der Waals surface area contributed by atoms with Crippen molar-refractivity contribution in [2.75, 3.05) is 18.0 Å². The Kier molecular flexibility index (Phi) is 3.99. The summed E-state index contributed by atoms with van der Waals surface area (Å²) in [6.45, 7) is 4.30. The Hall–Kier alpha value is -0.830. The van der Waals surface area contributed by atoms with Crippen LogP contribution in [0.4, 0.5) is 5.82 Å². The van der Waals surface area contributed by atoms with Crippen molar-refractivity contribution in [3.05, 3.63) is 17.0 Å². The van der Waals surface area contributed by atoms with Crippen LogP contribution in [0.1, 0.15) is 38.2 Å². The minimum Gasteiger partial charge on any atom is -0.356 e. The third-order valence-corrected chi connectivity index (χ3v) is 3.45. The van der Waals surface area contributed by atoms with Gasteiger partial charge in [-0.25, -0.2) is 9.97 Å². The van der Waals surface area contributed by atoms with Gasteiger partial charge in [0.15, 0.2) is 0 Å². The van der Waals surface area contributed by atoms with Crippen molar-refractivity contribution >= 4 is 17.4 Å². The van der Waals surface area contributed by atoms with Gasteiger partial charge in [0.05, 0.1) is 0 Å². The molecule has 0 radical (unpaired) electrons. The Morgan fingerprint density at radius 1 is 1.19 bits per heavy atom. The first-order valence-electron chi connectivity index (χ1n) is 6.07. The second-order valence-electron chi connectivity index (χ2n) is 4.22. The van der Waals surface area contributed by atoms with E-state index in [4.69, 9.17) is 11.6 Å². The second kappa shape index (κ2) is 5.48. The number of hydrogen-bond donors (Lipinski definition) is 0. The van der Waals surface area contributed by atoms with Crippen molar-refractivity contribution in [2.45, 2.75) is 39.0 Å². The highest BCUT2D eigenvalue weighted by molar-refractivity contribution is 6.30. The van der Waals surface area contributed by atoms with E-state index in [1.54, 1.807) is 6.33 Å². The average molecular weight is 240 g/mol. The molecule has 2 rings (SSSR count). The summed E-state index contributed by atoms with van der Waals surface area (Å²) < 4.78 is 0. The Labute approximate surface area is 102 Å². The summed E-state index contributed by atoms with van der Waals surface area (Å²) in [6, 6.07) is 0. The Morgan fingerprint density at radius 3 is 2.50 bits per heavy atom. The molecule has 0 saturated carbocycles. The van der Waals surface area contributed by atoms with Crippen LogP contribution in [-0.2, 0) is 6.42 Å². The van der Waals surface area contributed by atoms with Gasteiger partial charge < -0.3 is 4.90 Å². The van der Waals surface area contributed by atoms with E-state index >= 15 is 0 Å². The molecular formula is C12H18ClN3. The molecule has 0 unspecified atom stereocenters. The fourth-order valence-corrected chi connectivity index (χ4v) is 2.50. The van der Waals surface area contributed by atoms with Gasteiger partial charge in [0, 0.05) is 18.7 Å². The van der Waals surface area contributed by atoms with Crippen LogP contribution < -0.4 is 4.90 Å². The van der Waals surface area contributed by atoms with Crippen molar-refractivity contribution in [1.82, 2.24) is 9.97 Å². The van der Waals surface area contributed by atoms with Crippen LogP contribution in [0.3, 0.4) is 0 Å². The topological polar surface area (TPSA) is 29.0 Å². The summed E-state index contributed by atoms with van der Waals surface area (Å²) in [7, 11) is 0. The lowest BCUT2D eigenvalue weighted by atomic mass is 10.2. The number of anilines is 1. The van der Waals surface area contributed by atoms with Crippen molar-refractivity contribution < 1.29 is 0 Å². The van der Waals surface area contributed by atoms with Crippen LogP contribution >= 0.6 is 11.6 Å². The van der Waals surface area contributed by atoms with Gasteiger partial charge in [-0.1, -0.05) is 31.4 Å². The van der Waals surface area contributed by atoms with Gasteiger partial charge in [-0.15, -0.1) is 0 Å². The maximum atomic E-state index is 6.11. The zero-order valence-corrected chi connectivity index (χ0v) is 10.5. The molecule has 1 aliphatic heterocycles. The maximum absolute atomic E-state index is 6.11. The molecule has 1 aromatic rings. The Morgan fingerprint density at radius 2 is 1.88 bits per heavy atom. The van der Waals surface area contributed by atoms with E-state index in [0.29, 0.717) is 5.15 Å². The second-order valence-corrected chi connectivity index (χ2v) is 4.58. The van der Waals surface area contributed by atoms with E-state index in [1.807, 2.05) is 0 Å². The van der Waals surface area contributed by atoms with Gasteiger partial charge >= 0.3 is 0 Å². The van der Waals surface area contributed by atoms with Gasteiger partial charge in [0.1, 0.15) is 17.3 Å². The smallest absolute Gasteiger partial charge is 0.137 e. The van der Waals surface area contributed by atoms with Crippen molar-refractivity contribution in [2.24, 2.45) is 0 Å². The number of aromatic nitrogens is 2. The SMILES string of the molecule is CCc1c(Cl)ncnc1N1CCCCCC1. The van der Waals surface area contributed by atoms with Crippen molar-refractivity contribution in [1.29, 1.82) is 0 Å². The first-order chi connectivity index (χ1) is 7.83. The summed E-state index contributed by atoms with van der Waals surface area (Å²) >= 11 is 6.11. The maximum Gasteiger partial charge on any atom is 0.137 e. The van der Waals surface area contributed by atoms with E-state index in [0.717, 1.165) is 30.9 Å². The highest BCUT2D eigenvalue weighted by Crippen LogP contribution is 2.25. The minimum absolute atomic E-state index is 0.608. The summed E-state index contributed by atoms with van der Waals surface area (Å²) in [4.78, 5) is 10.8. The third-order valence-electron chi connectivity index (χ3n) is 3.13. The average Bonchev–Trinajstić information content (AvgIpc) is 2.57. The third kappa shape index (κ3) is 2.46. The molecule has 0 atom stereocenters. The molecule has 0 spiro atoms. The number of hydrogen-bond acceptors (Lipinski definition) is 3. The molecule has 1 aliphatic rings. The fourth-order valence-electron chi connectivity index (χ4n) is 2.24. The van der Waals surface area contributed by atoms with E-state index in [-0.39, 0.29) is 0 Å². The molecule has 1 aromatic heterocycles. The Balaban J connectivity index is 2.27. The lowest BCUT2D eigenvalue weighted by Crippen LogP contribution is -2.26. The summed E-state index contributed by atoms with van der Waals surface area (Å²) in [5, 5.41) is 0.608. The predicted octanol–water partition coefficient (Wildman–Crippen LogP) is 3.07. The largest absolute Gasteiger partial charge is 0.356 e. The van der Waals surface area contributed by atoms with E-state index in [9.17, 15) is 0 Å². The molecule has 0 aliphatic carbocycles. The van der Waals surface area contributed by atoms with Crippen LogP contribution in [-0.4, -0.2) is 23.1 Å². The van der Waals surface area contributed by atoms with Crippen LogP contribution in [0.15, 0.2) is 6.33 Å². The highest BCUT2D eigenvalue weighted by atomic mass is 35.5. The van der Waals surface area contributed by atoms with E-state index in [1.165, 1.54) is 25.7 Å². The number of nitrogens with zero attached hydrogens (tertiary/aromatic N) is 3. The molecule has 0 bridgehead atoms. The van der Waals surface area contributed by atoms with Gasteiger partial charge in [-0.3, -0.25) is 0 Å². The number of rotatable bonds is 2. The monoisotopic (exact) mass is 239 g/mol. The molecule has 1 saturated heterocycles. The van der Waals surface area contributed by atoms with E-state index < -0.39 is 0 Å². The molecule has 88 valence electrons. The number of halogens is 1.